The van der Waals surface area contributed by atoms with E-state index in [4.69, 9.17) is 9.47 Å². The van der Waals surface area contributed by atoms with Crippen LogP contribution in [0.15, 0.2) is 28.2 Å². The van der Waals surface area contributed by atoms with Crippen LogP contribution in [0.3, 0.4) is 0 Å². The summed E-state index contributed by atoms with van der Waals surface area (Å²) in [4.78, 5) is 27.5. The highest BCUT2D eigenvalue weighted by Crippen LogP contribution is 2.29. The van der Waals surface area contributed by atoms with E-state index in [-0.39, 0.29) is 17.2 Å². The van der Waals surface area contributed by atoms with Gasteiger partial charge in [-0.25, -0.2) is 0 Å². The number of methoxy groups -OCH3 is 2. The first-order valence-corrected chi connectivity index (χ1v) is 10.2. The third-order valence-corrected chi connectivity index (χ3v) is 5.78. The Morgan fingerprint density at radius 3 is 2.86 bits per heavy atom. The lowest BCUT2D eigenvalue weighted by Crippen LogP contribution is -2.23. The van der Waals surface area contributed by atoms with Gasteiger partial charge in [0.25, 0.3) is 5.56 Å². The van der Waals surface area contributed by atoms with Crippen molar-refractivity contribution in [3.05, 3.63) is 39.8 Å². The molecule has 2 heterocycles. The Bertz CT molecular complexity index is 1120. The van der Waals surface area contributed by atoms with Crippen molar-refractivity contribution in [2.24, 2.45) is 0 Å². The molecule has 3 aromatic rings. The van der Waals surface area contributed by atoms with Gasteiger partial charge in [-0.15, -0.1) is 10.2 Å². The van der Waals surface area contributed by atoms with E-state index in [0.29, 0.717) is 28.1 Å². The molecule has 0 saturated carbocycles. The molecule has 152 valence electrons. The molecule has 1 aliphatic carbocycles. The molecule has 4 rings (SSSR count). The fraction of sp³-hybridized carbons (Fsp3) is 0.368. The van der Waals surface area contributed by atoms with Crippen molar-refractivity contribution >= 4 is 29.1 Å². The Balaban J connectivity index is 1.53. The summed E-state index contributed by atoms with van der Waals surface area (Å²) >= 11 is 1.27. The highest BCUT2D eigenvalue weighted by Gasteiger charge is 2.21. The maximum atomic E-state index is 12.5. The summed E-state index contributed by atoms with van der Waals surface area (Å²) in [6.45, 7) is 0. The predicted octanol–water partition coefficient (Wildman–Crippen LogP) is 2.04. The number of aromatic amines is 1. The Hall–Kier alpha value is -3.01. The summed E-state index contributed by atoms with van der Waals surface area (Å²) in [5.74, 6) is 1.50. The zero-order valence-corrected chi connectivity index (χ0v) is 17.0. The lowest BCUT2D eigenvalue weighted by atomic mass is 9.97. The van der Waals surface area contributed by atoms with Crippen LogP contribution in [0.4, 0.5) is 5.69 Å². The smallest absolute Gasteiger partial charge is 0.255 e. The maximum Gasteiger partial charge on any atom is 0.255 e. The number of ether oxygens (including phenoxy) is 2. The number of amides is 1. The molecule has 1 aromatic carbocycles. The van der Waals surface area contributed by atoms with E-state index in [9.17, 15) is 9.59 Å². The lowest BCUT2D eigenvalue weighted by molar-refractivity contribution is -0.113. The number of anilines is 1. The van der Waals surface area contributed by atoms with Crippen LogP contribution in [0.2, 0.25) is 0 Å². The van der Waals surface area contributed by atoms with Gasteiger partial charge in [0, 0.05) is 17.3 Å². The van der Waals surface area contributed by atoms with E-state index in [0.717, 1.165) is 36.9 Å². The number of carbonyl (C=O) groups excluding carboxylic acids is 1. The predicted molar refractivity (Wildman–Crippen MR) is 109 cm³/mol. The number of benzene rings is 1. The molecule has 9 nitrogen and oxygen atoms in total. The molecule has 0 radical (unpaired) electrons. The van der Waals surface area contributed by atoms with E-state index in [2.05, 4.69) is 20.5 Å². The van der Waals surface area contributed by atoms with Gasteiger partial charge in [-0.1, -0.05) is 11.8 Å². The molecule has 0 atom stereocenters. The number of aromatic nitrogens is 4. The van der Waals surface area contributed by atoms with Gasteiger partial charge in [-0.3, -0.25) is 19.0 Å². The molecule has 0 spiro atoms. The second-order valence-corrected chi connectivity index (χ2v) is 7.57. The zero-order chi connectivity index (χ0) is 20.4. The van der Waals surface area contributed by atoms with Crippen molar-refractivity contribution in [2.45, 2.75) is 30.8 Å². The zero-order valence-electron chi connectivity index (χ0n) is 16.2. The Morgan fingerprint density at radius 2 is 2.07 bits per heavy atom. The van der Waals surface area contributed by atoms with Crippen molar-refractivity contribution in [1.29, 1.82) is 0 Å². The van der Waals surface area contributed by atoms with Gasteiger partial charge in [0.15, 0.2) is 5.16 Å². The molecule has 0 fully saturated rings. The van der Waals surface area contributed by atoms with Crippen molar-refractivity contribution < 1.29 is 14.3 Å². The average Bonchev–Trinajstić information content (AvgIpc) is 3.15. The summed E-state index contributed by atoms with van der Waals surface area (Å²) < 4.78 is 12.4. The fourth-order valence-corrected chi connectivity index (χ4v) is 4.23. The van der Waals surface area contributed by atoms with E-state index >= 15 is 0 Å². The Kier molecular flexibility index (Phi) is 5.43. The van der Waals surface area contributed by atoms with E-state index in [1.54, 1.807) is 32.4 Å². The molecule has 2 aromatic heterocycles. The van der Waals surface area contributed by atoms with Gasteiger partial charge < -0.3 is 14.8 Å². The second kappa shape index (κ2) is 8.16. The molecule has 29 heavy (non-hydrogen) atoms. The topological polar surface area (TPSA) is 111 Å². The number of carbonyl (C=O) groups is 1. The van der Waals surface area contributed by atoms with E-state index < -0.39 is 0 Å². The summed E-state index contributed by atoms with van der Waals surface area (Å²) in [6.07, 6.45) is 3.56. The highest BCUT2D eigenvalue weighted by atomic mass is 32.2. The molecule has 0 saturated heterocycles. The van der Waals surface area contributed by atoms with Gasteiger partial charge in [0.2, 0.25) is 11.7 Å². The first kappa shape index (κ1) is 19.3. The van der Waals surface area contributed by atoms with Crippen LogP contribution in [0, 0.1) is 0 Å². The van der Waals surface area contributed by atoms with Crippen molar-refractivity contribution in [3.8, 4) is 11.5 Å². The van der Waals surface area contributed by atoms with Crippen LogP contribution in [-0.2, 0) is 17.6 Å². The number of thioether (sulfide) groups is 1. The number of hydrogen-bond donors (Lipinski definition) is 2. The molecular weight excluding hydrogens is 394 g/mol. The number of fused-ring (bicyclic) bond motifs is 3. The number of nitrogens with zero attached hydrogens (tertiary/aromatic N) is 3. The Labute approximate surface area is 170 Å². The molecule has 10 heteroatoms. The first-order chi connectivity index (χ1) is 14.1. The van der Waals surface area contributed by atoms with Crippen LogP contribution >= 0.6 is 11.8 Å². The summed E-state index contributed by atoms with van der Waals surface area (Å²) in [5.41, 5.74) is 2.16. The lowest BCUT2D eigenvalue weighted by Gasteiger charge is -2.16. The van der Waals surface area contributed by atoms with Gasteiger partial charge in [-0.05, 0) is 37.8 Å². The molecule has 1 amide bonds. The van der Waals surface area contributed by atoms with Crippen molar-refractivity contribution in [1.82, 2.24) is 19.6 Å². The number of hydrogen-bond acceptors (Lipinski definition) is 7. The van der Waals surface area contributed by atoms with E-state index in [1.165, 1.54) is 11.8 Å². The first-order valence-electron chi connectivity index (χ1n) is 9.24. The van der Waals surface area contributed by atoms with Gasteiger partial charge >= 0.3 is 0 Å². The summed E-state index contributed by atoms with van der Waals surface area (Å²) in [7, 11) is 3.10. The molecule has 2 N–H and O–H groups in total. The van der Waals surface area contributed by atoms with Gasteiger partial charge in [-0.2, -0.15) is 0 Å². The van der Waals surface area contributed by atoms with E-state index in [1.807, 2.05) is 4.40 Å². The highest BCUT2D eigenvalue weighted by molar-refractivity contribution is 7.99. The fourth-order valence-electron chi connectivity index (χ4n) is 3.47. The molecular formula is C19H21N5O4S. The summed E-state index contributed by atoms with van der Waals surface area (Å²) in [6, 6.07) is 5.20. The molecule has 0 unspecified atom stereocenters. The Morgan fingerprint density at radius 1 is 1.24 bits per heavy atom. The van der Waals surface area contributed by atoms with Crippen molar-refractivity contribution in [3.63, 3.8) is 0 Å². The largest absolute Gasteiger partial charge is 0.497 e. The molecule has 0 aliphatic heterocycles. The normalized spacial score (nSPS) is 13.2. The third-order valence-electron chi connectivity index (χ3n) is 4.85. The number of H-pyrrole nitrogens is 1. The van der Waals surface area contributed by atoms with Gasteiger partial charge in [0.1, 0.15) is 11.5 Å². The monoisotopic (exact) mass is 415 g/mol. The van der Waals surface area contributed by atoms with Crippen LogP contribution in [0.1, 0.15) is 24.1 Å². The number of aryl methyl sites for hydroxylation is 1. The maximum absolute atomic E-state index is 12.5. The minimum absolute atomic E-state index is 0.0981. The third kappa shape index (κ3) is 3.80. The molecule has 1 aliphatic rings. The minimum Gasteiger partial charge on any atom is -0.497 e. The van der Waals surface area contributed by atoms with Crippen LogP contribution in [-0.4, -0.2) is 45.5 Å². The standard InChI is InChI=1S/C19H21N5O4S/c1-27-11-7-8-15(28-2)13(9-11)20-16(25)10-29-19-23-22-18-21-17(26)12-5-3-4-6-14(12)24(18)19/h7-9H,3-6,10H2,1-2H3,(H,20,25)(H,21,22,26). The van der Waals surface area contributed by atoms with Crippen LogP contribution in [0.25, 0.3) is 5.78 Å². The van der Waals surface area contributed by atoms with Gasteiger partial charge in [0.05, 0.1) is 25.7 Å². The molecule has 0 bridgehead atoms. The number of rotatable bonds is 6. The minimum atomic E-state index is -0.211. The second-order valence-electron chi connectivity index (χ2n) is 6.63. The SMILES string of the molecule is COc1ccc(OC)c(NC(=O)CSc2nnc3[nH]c(=O)c4c(n23)CCCC4)c1. The van der Waals surface area contributed by atoms with Crippen LogP contribution < -0.4 is 20.3 Å². The quantitative estimate of drug-likeness (QED) is 0.593. The summed E-state index contributed by atoms with van der Waals surface area (Å²) in [5, 5.41) is 11.7. The van der Waals surface area contributed by atoms with Crippen molar-refractivity contribution in [2.75, 3.05) is 25.3 Å². The number of nitrogens with one attached hydrogen (secondary N) is 2. The van der Waals surface area contributed by atoms with Crippen LogP contribution in [0.5, 0.6) is 11.5 Å². The average molecular weight is 415 g/mol.